The molecule has 0 atom stereocenters. The molecule has 0 saturated carbocycles. The number of benzene rings is 1. The molecule has 2 aromatic rings. The molecule has 3 rings (SSSR count). The number of alkyl halides is 3. The van der Waals surface area contributed by atoms with Crippen LogP contribution in [0, 0.1) is 23.0 Å². The van der Waals surface area contributed by atoms with Crippen molar-refractivity contribution in [2.75, 3.05) is 23.3 Å². The van der Waals surface area contributed by atoms with Gasteiger partial charge >= 0.3 is 6.18 Å². The third-order valence-electron chi connectivity index (χ3n) is 5.00. The van der Waals surface area contributed by atoms with Gasteiger partial charge in [0, 0.05) is 37.3 Å². The first-order chi connectivity index (χ1) is 14.1. The van der Waals surface area contributed by atoms with Gasteiger partial charge in [-0.05, 0) is 31.4 Å². The van der Waals surface area contributed by atoms with Crippen molar-refractivity contribution in [1.29, 1.82) is 0 Å². The summed E-state index contributed by atoms with van der Waals surface area (Å²) in [5.74, 6) is -0.351. The molecule has 11 heteroatoms. The Labute approximate surface area is 175 Å². The molecule has 1 aromatic carbocycles. The number of pyridine rings is 1. The minimum Gasteiger partial charge on any atom is -0.355 e. The lowest BCUT2D eigenvalue weighted by molar-refractivity contribution is -0.384. The molecule has 1 aliphatic heterocycles. The molecule has 1 N–H and O–H groups in total. The molecule has 1 fully saturated rings. The van der Waals surface area contributed by atoms with E-state index in [2.05, 4.69) is 10.3 Å². The highest BCUT2D eigenvalue weighted by Gasteiger charge is 2.33. The van der Waals surface area contributed by atoms with E-state index in [1.807, 2.05) is 0 Å². The number of nitro groups is 1. The van der Waals surface area contributed by atoms with Crippen LogP contribution in [0.25, 0.3) is 0 Å². The van der Waals surface area contributed by atoms with Crippen molar-refractivity contribution in [3.8, 4) is 0 Å². The highest BCUT2D eigenvalue weighted by atomic mass is 35.5. The molecule has 0 unspecified atom stereocenters. The van der Waals surface area contributed by atoms with E-state index in [0.717, 1.165) is 12.3 Å². The predicted molar refractivity (Wildman–Crippen MR) is 106 cm³/mol. The maximum Gasteiger partial charge on any atom is 0.417 e. The summed E-state index contributed by atoms with van der Waals surface area (Å²) in [6.45, 7) is 2.52. The highest BCUT2D eigenvalue weighted by Crippen LogP contribution is 2.35. The molecule has 0 bridgehead atoms. The van der Waals surface area contributed by atoms with Crippen LogP contribution in [0.2, 0.25) is 5.02 Å². The van der Waals surface area contributed by atoms with Gasteiger partial charge in [-0.25, -0.2) is 4.98 Å². The summed E-state index contributed by atoms with van der Waals surface area (Å²) in [5.41, 5.74) is 0.0442. The summed E-state index contributed by atoms with van der Waals surface area (Å²) in [6.07, 6.45) is -2.90. The summed E-state index contributed by atoms with van der Waals surface area (Å²) < 4.78 is 38.3. The number of carbonyl (C=O) groups is 1. The Morgan fingerprint density at radius 3 is 2.53 bits per heavy atom. The standard InChI is InChI=1S/C19H18ClF3N4O3/c1-11-2-3-14(27(29)30)9-16(11)25-18(28)12-4-6-26(7-5-12)17-15(20)8-13(10-24-17)19(21,22)23/h2-3,8-10,12H,4-7H2,1H3,(H,25,28). The molecule has 30 heavy (non-hydrogen) atoms. The Bertz CT molecular complexity index is 976. The Balaban J connectivity index is 1.64. The van der Waals surface area contributed by atoms with E-state index < -0.39 is 16.7 Å². The largest absolute Gasteiger partial charge is 0.417 e. The predicted octanol–water partition coefficient (Wildman–Crippen LogP) is 4.83. The molecular weight excluding hydrogens is 425 g/mol. The van der Waals surface area contributed by atoms with Crippen molar-refractivity contribution < 1.29 is 22.9 Å². The monoisotopic (exact) mass is 442 g/mol. The van der Waals surface area contributed by atoms with Crippen molar-refractivity contribution in [1.82, 2.24) is 4.98 Å². The second-order valence-electron chi connectivity index (χ2n) is 7.03. The third kappa shape index (κ3) is 4.81. The van der Waals surface area contributed by atoms with Gasteiger partial charge in [-0.1, -0.05) is 17.7 Å². The molecule has 0 spiro atoms. The second-order valence-corrected chi connectivity index (χ2v) is 7.44. The van der Waals surface area contributed by atoms with Gasteiger partial charge in [-0.2, -0.15) is 13.2 Å². The average Bonchev–Trinajstić information content (AvgIpc) is 2.69. The first kappa shape index (κ1) is 21.8. The highest BCUT2D eigenvalue weighted by molar-refractivity contribution is 6.33. The number of rotatable bonds is 4. The van der Waals surface area contributed by atoms with Crippen LogP contribution in [-0.2, 0) is 11.0 Å². The fraction of sp³-hybridized carbons (Fsp3) is 0.368. The number of halogens is 4. The van der Waals surface area contributed by atoms with Gasteiger partial charge < -0.3 is 10.2 Å². The Kier molecular flexibility index (Phi) is 6.16. The fourth-order valence-corrected chi connectivity index (χ4v) is 3.55. The topological polar surface area (TPSA) is 88.4 Å². The number of piperidine rings is 1. The summed E-state index contributed by atoms with van der Waals surface area (Å²) in [6, 6.07) is 5.08. The number of non-ortho nitro benzene ring substituents is 1. The van der Waals surface area contributed by atoms with Crippen molar-refractivity contribution in [3.63, 3.8) is 0 Å². The summed E-state index contributed by atoms with van der Waals surface area (Å²) >= 11 is 5.99. The smallest absolute Gasteiger partial charge is 0.355 e. The third-order valence-corrected chi connectivity index (χ3v) is 5.28. The molecular formula is C19H18ClF3N4O3. The molecule has 2 heterocycles. The van der Waals surface area contributed by atoms with Gasteiger partial charge in [0.15, 0.2) is 0 Å². The van der Waals surface area contributed by atoms with Crippen LogP contribution in [0.4, 0.5) is 30.4 Å². The van der Waals surface area contributed by atoms with Crippen LogP contribution < -0.4 is 10.2 Å². The lowest BCUT2D eigenvalue weighted by atomic mass is 9.95. The molecule has 7 nitrogen and oxygen atoms in total. The number of hydrogen-bond donors (Lipinski definition) is 1. The molecule has 0 radical (unpaired) electrons. The minimum atomic E-state index is -4.52. The maximum atomic E-state index is 12.8. The van der Waals surface area contributed by atoms with Crippen LogP contribution >= 0.6 is 11.6 Å². The summed E-state index contributed by atoms with van der Waals surface area (Å²) in [5, 5.41) is 13.6. The Hall–Kier alpha value is -2.88. The SMILES string of the molecule is Cc1ccc([N+](=O)[O-])cc1NC(=O)C1CCN(c2ncc(C(F)(F)F)cc2Cl)CC1. The van der Waals surface area contributed by atoms with E-state index in [9.17, 15) is 28.1 Å². The number of nitrogens with one attached hydrogen (secondary N) is 1. The number of hydrogen-bond acceptors (Lipinski definition) is 5. The van der Waals surface area contributed by atoms with Gasteiger partial charge in [-0.15, -0.1) is 0 Å². The van der Waals surface area contributed by atoms with Crippen LogP contribution in [0.3, 0.4) is 0 Å². The maximum absolute atomic E-state index is 12.8. The number of nitrogens with zero attached hydrogens (tertiary/aromatic N) is 3. The lowest BCUT2D eigenvalue weighted by Gasteiger charge is -2.32. The molecule has 1 aromatic heterocycles. The van der Waals surface area contributed by atoms with E-state index in [1.54, 1.807) is 17.9 Å². The molecule has 1 saturated heterocycles. The molecule has 0 aliphatic carbocycles. The summed E-state index contributed by atoms with van der Waals surface area (Å²) in [4.78, 5) is 28.6. The van der Waals surface area contributed by atoms with Crippen LogP contribution in [0.15, 0.2) is 30.5 Å². The zero-order valence-corrected chi connectivity index (χ0v) is 16.6. The number of carbonyl (C=O) groups excluding carboxylic acids is 1. The number of aromatic nitrogens is 1. The van der Waals surface area contributed by atoms with Gasteiger partial charge in [-0.3, -0.25) is 14.9 Å². The van der Waals surface area contributed by atoms with Gasteiger partial charge in [0.2, 0.25) is 5.91 Å². The zero-order valence-electron chi connectivity index (χ0n) is 15.9. The number of aryl methyl sites for hydroxylation is 1. The zero-order chi connectivity index (χ0) is 22.1. The quantitative estimate of drug-likeness (QED) is 0.541. The van der Waals surface area contributed by atoms with Crippen molar-refractivity contribution in [3.05, 3.63) is 56.7 Å². The van der Waals surface area contributed by atoms with Crippen molar-refractivity contribution in [2.24, 2.45) is 5.92 Å². The first-order valence-corrected chi connectivity index (χ1v) is 9.47. The molecule has 1 amide bonds. The van der Waals surface area contributed by atoms with Gasteiger partial charge in [0.05, 0.1) is 21.2 Å². The minimum absolute atomic E-state index is 0.0973. The average molecular weight is 443 g/mol. The molecule has 1 aliphatic rings. The van der Waals surface area contributed by atoms with E-state index in [0.29, 0.717) is 37.2 Å². The Morgan fingerprint density at radius 1 is 1.30 bits per heavy atom. The number of amides is 1. The van der Waals surface area contributed by atoms with Crippen molar-refractivity contribution >= 4 is 34.7 Å². The van der Waals surface area contributed by atoms with Crippen molar-refractivity contribution in [2.45, 2.75) is 25.9 Å². The normalized spacial score (nSPS) is 15.2. The number of anilines is 2. The number of nitro benzene ring substituents is 1. The van der Waals surface area contributed by atoms with E-state index in [1.165, 1.54) is 12.1 Å². The lowest BCUT2D eigenvalue weighted by Crippen LogP contribution is -2.38. The van der Waals surface area contributed by atoms with Gasteiger partial charge in [0.1, 0.15) is 5.82 Å². The fourth-order valence-electron chi connectivity index (χ4n) is 3.26. The van der Waals surface area contributed by atoms with Gasteiger partial charge in [0.25, 0.3) is 5.69 Å². The van der Waals surface area contributed by atoms with Crippen LogP contribution in [-0.4, -0.2) is 28.9 Å². The summed E-state index contributed by atoms with van der Waals surface area (Å²) in [7, 11) is 0. The van der Waals surface area contributed by atoms with E-state index in [-0.39, 0.29) is 28.4 Å². The van der Waals surface area contributed by atoms with Crippen LogP contribution in [0.1, 0.15) is 24.0 Å². The van der Waals surface area contributed by atoms with E-state index >= 15 is 0 Å². The molecule has 160 valence electrons. The first-order valence-electron chi connectivity index (χ1n) is 9.10. The Morgan fingerprint density at radius 2 is 1.97 bits per heavy atom. The second kappa shape index (κ2) is 8.47. The van der Waals surface area contributed by atoms with E-state index in [4.69, 9.17) is 11.6 Å². The van der Waals surface area contributed by atoms with Crippen LogP contribution in [0.5, 0.6) is 0 Å².